The molecule has 9 heteroatoms. The van der Waals surface area contributed by atoms with Gasteiger partial charge < -0.3 is 4.42 Å². The van der Waals surface area contributed by atoms with Crippen molar-refractivity contribution in [3.8, 4) is 6.07 Å². The summed E-state index contributed by atoms with van der Waals surface area (Å²) >= 11 is 2.88. The van der Waals surface area contributed by atoms with Gasteiger partial charge in [-0.1, -0.05) is 23.5 Å². The normalized spacial score (nSPS) is 10.8. The Bertz CT molecular complexity index is 864. The van der Waals surface area contributed by atoms with Gasteiger partial charge in [-0.05, 0) is 32.0 Å². The van der Waals surface area contributed by atoms with Crippen molar-refractivity contribution in [1.82, 2.24) is 24.7 Å². The summed E-state index contributed by atoms with van der Waals surface area (Å²) in [6.45, 7) is 4.43. The van der Waals surface area contributed by atoms with Crippen LogP contribution in [0.5, 0.6) is 0 Å². The van der Waals surface area contributed by atoms with Crippen LogP contribution in [-0.4, -0.2) is 30.5 Å². The molecule has 0 aliphatic rings. The molecular weight excluding hydrogens is 356 g/mol. The molecule has 3 heterocycles. The smallest absolute Gasteiger partial charge is 0.192 e. The van der Waals surface area contributed by atoms with Gasteiger partial charge in [0.25, 0.3) is 0 Å². The average Bonchev–Trinajstić information content (AvgIpc) is 3.21. The van der Waals surface area contributed by atoms with E-state index < -0.39 is 0 Å². The van der Waals surface area contributed by atoms with Gasteiger partial charge in [0.15, 0.2) is 10.3 Å². The Morgan fingerprint density at radius 1 is 1.20 bits per heavy atom. The molecule has 3 rings (SSSR count). The number of nitrogens with zero attached hydrogens (tertiary/aromatic N) is 6. The fraction of sp³-hybridized carbons (Fsp3) is 0.312. The van der Waals surface area contributed by atoms with Crippen molar-refractivity contribution in [3.05, 3.63) is 47.4 Å². The van der Waals surface area contributed by atoms with Gasteiger partial charge in [0, 0.05) is 11.4 Å². The zero-order chi connectivity index (χ0) is 17.6. The molecule has 0 N–H and O–H groups in total. The van der Waals surface area contributed by atoms with Gasteiger partial charge in [0.05, 0.1) is 30.4 Å². The van der Waals surface area contributed by atoms with Crippen LogP contribution in [0.3, 0.4) is 0 Å². The van der Waals surface area contributed by atoms with Gasteiger partial charge in [-0.2, -0.15) is 5.26 Å². The third-order valence-electron chi connectivity index (χ3n) is 3.25. The summed E-state index contributed by atoms with van der Waals surface area (Å²) in [6.07, 6.45) is 1.64. The van der Waals surface area contributed by atoms with Crippen LogP contribution in [0.15, 0.2) is 39.2 Å². The molecule has 3 aromatic heterocycles. The molecule has 0 radical (unpaired) electrons. The van der Waals surface area contributed by atoms with Crippen LogP contribution >= 0.6 is 23.5 Å². The maximum atomic E-state index is 8.82. The van der Waals surface area contributed by atoms with Crippen LogP contribution in [0.1, 0.15) is 23.0 Å². The monoisotopic (exact) mass is 372 g/mol. The van der Waals surface area contributed by atoms with Gasteiger partial charge in [0.2, 0.25) is 0 Å². The second kappa shape index (κ2) is 8.18. The van der Waals surface area contributed by atoms with Crippen LogP contribution in [0.4, 0.5) is 0 Å². The maximum Gasteiger partial charge on any atom is 0.192 e. The second-order valence-corrected chi connectivity index (χ2v) is 7.12. The molecule has 25 heavy (non-hydrogen) atoms. The lowest BCUT2D eigenvalue weighted by atomic mass is 10.4. The Morgan fingerprint density at radius 3 is 2.68 bits per heavy atom. The van der Waals surface area contributed by atoms with E-state index in [9.17, 15) is 0 Å². The number of thioether (sulfide) groups is 2. The molecule has 7 nitrogen and oxygen atoms in total. The van der Waals surface area contributed by atoms with Crippen LogP contribution in [0.25, 0.3) is 0 Å². The second-order valence-electron chi connectivity index (χ2n) is 5.23. The molecule has 0 bridgehead atoms. The molecule has 0 spiro atoms. The first-order valence-corrected chi connectivity index (χ1v) is 9.52. The Balaban J connectivity index is 1.79. The summed E-state index contributed by atoms with van der Waals surface area (Å²) in [7, 11) is 0. The number of hydrogen-bond acceptors (Lipinski definition) is 8. The molecule has 0 fully saturated rings. The highest BCUT2D eigenvalue weighted by atomic mass is 32.2. The summed E-state index contributed by atoms with van der Waals surface area (Å²) in [4.78, 5) is 8.88. The Morgan fingerprint density at radius 2 is 2.00 bits per heavy atom. The van der Waals surface area contributed by atoms with E-state index in [0.29, 0.717) is 23.2 Å². The molecule has 0 saturated carbocycles. The fourth-order valence-corrected chi connectivity index (χ4v) is 3.74. The summed E-state index contributed by atoms with van der Waals surface area (Å²) in [5.74, 6) is 2.52. The van der Waals surface area contributed by atoms with Crippen LogP contribution in [-0.2, 0) is 12.3 Å². The Hall–Kier alpha value is -2.31. The molecule has 0 saturated heterocycles. The van der Waals surface area contributed by atoms with Gasteiger partial charge in [-0.3, -0.25) is 4.57 Å². The summed E-state index contributed by atoms with van der Waals surface area (Å²) in [6, 6.07) is 7.81. The molecule has 0 aliphatic heterocycles. The molecule has 128 valence electrons. The molecule has 0 atom stereocenters. The topological polar surface area (TPSA) is 93.4 Å². The lowest BCUT2D eigenvalue weighted by Gasteiger charge is -2.08. The molecule has 3 aromatic rings. The summed E-state index contributed by atoms with van der Waals surface area (Å²) in [5.41, 5.74) is 1.88. The number of rotatable bonds is 7. The van der Waals surface area contributed by atoms with Gasteiger partial charge in [-0.25, -0.2) is 9.97 Å². The maximum absolute atomic E-state index is 8.82. The van der Waals surface area contributed by atoms with Gasteiger partial charge in [0.1, 0.15) is 11.6 Å². The van der Waals surface area contributed by atoms with Crippen LogP contribution in [0, 0.1) is 25.2 Å². The predicted molar refractivity (Wildman–Crippen MR) is 95.2 cm³/mol. The van der Waals surface area contributed by atoms with Crippen molar-refractivity contribution < 1.29 is 4.42 Å². The van der Waals surface area contributed by atoms with E-state index in [4.69, 9.17) is 9.68 Å². The first-order valence-electron chi connectivity index (χ1n) is 7.55. The van der Waals surface area contributed by atoms with E-state index in [0.717, 1.165) is 28.1 Å². The largest absolute Gasteiger partial charge is 0.467 e. The third kappa shape index (κ3) is 4.61. The lowest BCUT2D eigenvalue weighted by Crippen LogP contribution is -2.06. The van der Waals surface area contributed by atoms with E-state index in [1.807, 2.05) is 36.6 Å². The molecular formula is C16H16N6OS2. The van der Waals surface area contributed by atoms with Gasteiger partial charge >= 0.3 is 0 Å². The zero-order valence-corrected chi connectivity index (χ0v) is 15.5. The first kappa shape index (κ1) is 17.5. The Labute approximate surface area is 153 Å². The number of furan rings is 1. The number of aryl methyl sites for hydroxylation is 2. The highest BCUT2D eigenvalue weighted by Crippen LogP contribution is 2.24. The van der Waals surface area contributed by atoms with Crippen molar-refractivity contribution in [1.29, 1.82) is 5.26 Å². The van der Waals surface area contributed by atoms with Crippen molar-refractivity contribution in [2.24, 2.45) is 0 Å². The SMILES string of the molecule is Cc1cc(C)nc(SCc2nnc(SCC#N)n2Cc2ccco2)n1. The zero-order valence-electron chi connectivity index (χ0n) is 13.8. The van der Waals surface area contributed by atoms with E-state index in [-0.39, 0.29) is 0 Å². The number of aromatic nitrogens is 5. The van der Waals surface area contributed by atoms with Crippen molar-refractivity contribution in [2.75, 3.05) is 5.75 Å². The van der Waals surface area contributed by atoms with Crippen molar-refractivity contribution in [2.45, 2.75) is 36.5 Å². The van der Waals surface area contributed by atoms with E-state index >= 15 is 0 Å². The highest BCUT2D eigenvalue weighted by Gasteiger charge is 2.15. The summed E-state index contributed by atoms with van der Waals surface area (Å²) in [5, 5.41) is 18.7. The number of hydrogen-bond donors (Lipinski definition) is 0. The van der Waals surface area contributed by atoms with Crippen molar-refractivity contribution >= 4 is 23.5 Å². The molecule has 0 unspecified atom stereocenters. The fourth-order valence-electron chi connectivity index (χ4n) is 2.23. The lowest BCUT2D eigenvalue weighted by molar-refractivity contribution is 0.480. The minimum atomic E-state index is 0.323. The third-order valence-corrected chi connectivity index (χ3v) is 4.92. The van der Waals surface area contributed by atoms with E-state index in [2.05, 4.69) is 26.2 Å². The minimum absolute atomic E-state index is 0.323. The Kier molecular flexibility index (Phi) is 5.73. The van der Waals surface area contributed by atoms with Crippen molar-refractivity contribution in [3.63, 3.8) is 0 Å². The van der Waals surface area contributed by atoms with Gasteiger partial charge in [-0.15, -0.1) is 10.2 Å². The first-order chi connectivity index (χ1) is 12.2. The van der Waals surface area contributed by atoms with E-state index in [1.54, 1.807) is 6.26 Å². The standard InChI is InChI=1S/C16H16N6OS2/c1-11-8-12(2)19-15(18-11)25-10-14-20-21-16(24-7-5-17)22(14)9-13-4-3-6-23-13/h3-4,6,8H,7,9-10H2,1-2H3. The van der Waals surface area contributed by atoms with Crippen LogP contribution in [0.2, 0.25) is 0 Å². The number of nitriles is 1. The summed E-state index contributed by atoms with van der Waals surface area (Å²) < 4.78 is 7.40. The van der Waals surface area contributed by atoms with Crippen LogP contribution < -0.4 is 0 Å². The molecule has 0 aliphatic carbocycles. The van der Waals surface area contributed by atoms with E-state index in [1.165, 1.54) is 23.5 Å². The average molecular weight is 372 g/mol. The molecule has 0 aromatic carbocycles. The predicted octanol–water partition coefficient (Wildman–Crippen LogP) is 3.23. The minimum Gasteiger partial charge on any atom is -0.467 e. The highest BCUT2D eigenvalue weighted by molar-refractivity contribution is 7.99. The molecule has 0 amide bonds. The quantitative estimate of drug-likeness (QED) is 0.461.